The van der Waals surface area contributed by atoms with Gasteiger partial charge in [-0.05, 0) is 38.0 Å². The Balaban J connectivity index is 1.47. The summed E-state index contributed by atoms with van der Waals surface area (Å²) in [6.07, 6.45) is 2.50. The summed E-state index contributed by atoms with van der Waals surface area (Å²) in [5.74, 6) is 1.38. The molecule has 0 atom stereocenters. The Hall–Kier alpha value is -2.96. The molecule has 3 aromatic rings. The van der Waals surface area contributed by atoms with Crippen molar-refractivity contribution in [2.24, 2.45) is 0 Å². The summed E-state index contributed by atoms with van der Waals surface area (Å²) in [6, 6.07) is 9.54. The number of hydrogen-bond acceptors (Lipinski definition) is 5. The first kappa shape index (κ1) is 16.9. The predicted octanol–water partition coefficient (Wildman–Crippen LogP) is 1.87. The molecule has 3 rings (SSSR count). The van der Waals surface area contributed by atoms with Crippen LogP contribution in [0, 0.1) is 13.8 Å². The first-order valence-electron chi connectivity index (χ1n) is 8.25. The van der Waals surface area contributed by atoms with Gasteiger partial charge in [0.25, 0.3) is 5.78 Å². The van der Waals surface area contributed by atoms with Crippen LogP contribution in [0.2, 0.25) is 0 Å². The van der Waals surface area contributed by atoms with Crippen LogP contribution in [-0.2, 0) is 11.2 Å². The Kier molecular flexibility index (Phi) is 5.23. The van der Waals surface area contributed by atoms with Crippen LogP contribution in [-0.4, -0.2) is 38.6 Å². The molecule has 25 heavy (non-hydrogen) atoms. The lowest BCUT2D eigenvalue weighted by Crippen LogP contribution is -2.28. The SMILES string of the molecule is Cc1nc2ncnn2c(C)c1CCC(=O)NCCOc1ccccc1. The number of hydrogen-bond donors (Lipinski definition) is 1. The van der Waals surface area contributed by atoms with Crippen LogP contribution in [0.4, 0.5) is 0 Å². The van der Waals surface area contributed by atoms with E-state index in [0.29, 0.717) is 31.8 Å². The average molecular weight is 339 g/mol. The number of para-hydroxylation sites is 1. The number of carbonyl (C=O) groups excluding carboxylic acids is 1. The van der Waals surface area contributed by atoms with E-state index in [4.69, 9.17) is 4.74 Å². The Morgan fingerprint density at radius 2 is 2.04 bits per heavy atom. The second kappa shape index (κ2) is 7.74. The van der Waals surface area contributed by atoms with Crippen LogP contribution >= 0.6 is 0 Å². The van der Waals surface area contributed by atoms with Crippen LogP contribution in [0.25, 0.3) is 5.78 Å². The monoisotopic (exact) mass is 339 g/mol. The molecule has 7 heteroatoms. The third kappa shape index (κ3) is 4.12. The molecule has 0 saturated heterocycles. The van der Waals surface area contributed by atoms with Crippen LogP contribution in [0.5, 0.6) is 5.75 Å². The van der Waals surface area contributed by atoms with Crippen molar-refractivity contribution in [2.75, 3.05) is 13.2 Å². The number of nitrogens with one attached hydrogen (secondary N) is 1. The highest BCUT2D eigenvalue weighted by molar-refractivity contribution is 5.76. The highest BCUT2D eigenvalue weighted by atomic mass is 16.5. The van der Waals surface area contributed by atoms with Crippen molar-refractivity contribution in [3.63, 3.8) is 0 Å². The van der Waals surface area contributed by atoms with Crippen molar-refractivity contribution in [3.05, 3.63) is 53.6 Å². The van der Waals surface area contributed by atoms with Crippen LogP contribution in [0.15, 0.2) is 36.7 Å². The van der Waals surface area contributed by atoms with Crippen molar-refractivity contribution in [2.45, 2.75) is 26.7 Å². The predicted molar refractivity (Wildman–Crippen MR) is 93.5 cm³/mol. The largest absolute Gasteiger partial charge is 0.492 e. The second-order valence-electron chi connectivity index (χ2n) is 5.74. The van der Waals surface area contributed by atoms with E-state index in [9.17, 15) is 4.79 Å². The fourth-order valence-electron chi connectivity index (χ4n) is 2.72. The van der Waals surface area contributed by atoms with Gasteiger partial charge in [-0.2, -0.15) is 10.1 Å². The molecule has 0 saturated carbocycles. The second-order valence-corrected chi connectivity index (χ2v) is 5.74. The number of aryl methyl sites for hydroxylation is 2. The van der Waals surface area contributed by atoms with Gasteiger partial charge >= 0.3 is 0 Å². The lowest BCUT2D eigenvalue weighted by Gasteiger charge is -2.11. The topological polar surface area (TPSA) is 81.4 Å². The molecule has 0 fully saturated rings. The Morgan fingerprint density at radius 1 is 1.24 bits per heavy atom. The van der Waals surface area contributed by atoms with Gasteiger partial charge in [0.05, 0.1) is 6.54 Å². The van der Waals surface area contributed by atoms with E-state index in [-0.39, 0.29) is 5.91 Å². The van der Waals surface area contributed by atoms with E-state index in [2.05, 4.69) is 20.4 Å². The van der Waals surface area contributed by atoms with E-state index in [1.807, 2.05) is 44.2 Å². The molecule has 1 N–H and O–H groups in total. The molecule has 1 aromatic carbocycles. The highest BCUT2D eigenvalue weighted by Gasteiger charge is 2.12. The maximum Gasteiger partial charge on any atom is 0.252 e. The molecule has 0 unspecified atom stereocenters. The maximum atomic E-state index is 12.0. The minimum atomic E-state index is -0.00542. The zero-order valence-corrected chi connectivity index (χ0v) is 14.4. The summed E-state index contributed by atoms with van der Waals surface area (Å²) < 4.78 is 7.26. The quantitative estimate of drug-likeness (QED) is 0.665. The zero-order chi connectivity index (χ0) is 17.6. The Morgan fingerprint density at radius 3 is 2.84 bits per heavy atom. The fraction of sp³-hybridized carbons (Fsp3) is 0.333. The van der Waals surface area contributed by atoms with E-state index in [1.54, 1.807) is 4.52 Å². The number of fused-ring (bicyclic) bond motifs is 1. The van der Waals surface area contributed by atoms with E-state index in [1.165, 1.54) is 6.33 Å². The van der Waals surface area contributed by atoms with Gasteiger partial charge in [-0.25, -0.2) is 9.50 Å². The minimum absolute atomic E-state index is 0.00542. The Bertz CT molecular complexity index is 861. The third-order valence-corrected chi connectivity index (χ3v) is 4.03. The summed E-state index contributed by atoms with van der Waals surface area (Å²) in [7, 11) is 0. The Labute approximate surface area is 146 Å². The maximum absolute atomic E-state index is 12.0. The molecule has 0 radical (unpaired) electrons. The van der Waals surface area contributed by atoms with E-state index < -0.39 is 0 Å². The number of benzene rings is 1. The number of carbonyl (C=O) groups is 1. The zero-order valence-electron chi connectivity index (χ0n) is 14.4. The molecular formula is C18H21N5O2. The van der Waals surface area contributed by atoms with Crippen molar-refractivity contribution in [1.29, 1.82) is 0 Å². The van der Waals surface area contributed by atoms with Gasteiger partial charge in [-0.3, -0.25) is 4.79 Å². The standard InChI is InChI=1S/C18H21N5O2/c1-13-16(14(2)23-18(22-13)20-12-21-23)8-9-17(24)19-10-11-25-15-6-4-3-5-7-15/h3-7,12H,8-11H2,1-2H3,(H,19,24). The number of nitrogens with zero attached hydrogens (tertiary/aromatic N) is 4. The molecule has 2 aromatic heterocycles. The van der Waals surface area contributed by atoms with Crippen LogP contribution in [0.3, 0.4) is 0 Å². The first-order chi connectivity index (χ1) is 12.1. The van der Waals surface area contributed by atoms with Gasteiger partial charge in [0, 0.05) is 17.8 Å². The molecule has 7 nitrogen and oxygen atoms in total. The van der Waals surface area contributed by atoms with Crippen molar-refractivity contribution in [1.82, 2.24) is 24.9 Å². The first-order valence-corrected chi connectivity index (χ1v) is 8.25. The molecule has 2 heterocycles. The molecule has 0 aliphatic carbocycles. The van der Waals surface area contributed by atoms with Crippen molar-refractivity contribution >= 4 is 11.7 Å². The summed E-state index contributed by atoms with van der Waals surface area (Å²) in [5.41, 5.74) is 2.90. The van der Waals surface area contributed by atoms with Gasteiger partial charge in [0.1, 0.15) is 18.7 Å². The molecule has 0 aliphatic rings. The van der Waals surface area contributed by atoms with Gasteiger partial charge < -0.3 is 10.1 Å². The summed E-state index contributed by atoms with van der Waals surface area (Å²) in [4.78, 5) is 20.6. The molecular weight excluding hydrogens is 318 g/mol. The molecule has 0 spiro atoms. The minimum Gasteiger partial charge on any atom is -0.492 e. The third-order valence-electron chi connectivity index (χ3n) is 4.03. The highest BCUT2D eigenvalue weighted by Crippen LogP contribution is 2.14. The molecule has 0 aliphatic heterocycles. The van der Waals surface area contributed by atoms with Gasteiger partial charge in [-0.15, -0.1) is 0 Å². The number of rotatable bonds is 7. The molecule has 130 valence electrons. The molecule has 0 bridgehead atoms. The smallest absolute Gasteiger partial charge is 0.252 e. The van der Waals surface area contributed by atoms with Gasteiger partial charge in [0.2, 0.25) is 5.91 Å². The van der Waals surface area contributed by atoms with Gasteiger partial charge in [-0.1, -0.05) is 18.2 Å². The lowest BCUT2D eigenvalue weighted by molar-refractivity contribution is -0.121. The van der Waals surface area contributed by atoms with E-state index in [0.717, 1.165) is 22.7 Å². The number of amides is 1. The average Bonchev–Trinajstić information content (AvgIpc) is 3.08. The number of ether oxygens (including phenoxy) is 1. The van der Waals surface area contributed by atoms with Gasteiger partial charge in [0.15, 0.2) is 0 Å². The number of aromatic nitrogens is 4. The summed E-state index contributed by atoms with van der Waals surface area (Å²) in [5, 5.41) is 7.04. The summed E-state index contributed by atoms with van der Waals surface area (Å²) >= 11 is 0. The lowest BCUT2D eigenvalue weighted by atomic mass is 10.1. The molecule has 1 amide bonds. The fourth-order valence-corrected chi connectivity index (χ4v) is 2.72. The van der Waals surface area contributed by atoms with Crippen molar-refractivity contribution < 1.29 is 9.53 Å². The normalized spacial score (nSPS) is 10.8. The summed E-state index contributed by atoms with van der Waals surface area (Å²) in [6.45, 7) is 4.83. The van der Waals surface area contributed by atoms with E-state index >= 15 is 0 Å². The van der Waals surface area contributed by atoms with Crippen molar-refractivity contribution in [3.8, 4) is 5.75 Å². The van der Waals surface area contributed by atoms with Crippen LogP contribution in [0.1, 0.15) is 23.4 Å². The van der Waals surface area contributed by atoms with Crippen LogP contribution < -0.4 is 10.1 Å².